The minimum absolute atomic E-state index is 0.540. The summed E-state index contributed by atoms with van der Waals surface area (Å²) in [4.78, 5) is 0. The second-order valence-corrected chi connectivity index (χ2v) is 9.26. The molecule has 7 heteroatoms. The Morgan fingerprint density at radius 3 is 1.11 bits per heavy atom. The van der Waals surface area contributed by atoms with Crippen LogP contribution in [0.25, 0.3) is 0 Å². The number of ether oxygens (including phenoxy) is 7. The SMILES string of the molecule is CCCCCOC(OC(OCCCCC)C(OC)=C(CCCCC)OC)C(OC)=C(CCCCC)OC. The number of rotatable bonds is 26. The lowest BCUT2D eigenvalue weighted by Gasteiger charge is -2.29. The van der Waals surface area contributed by atoms with Crippen LogP contribution < -0.4 is 0 Å². The Bertz CT molecular complexity index is 538. The highest BCUT2D eigenvalue weighted by molar-refractivity contribution is 5.08. The fourth-order valence-corrected chi connectivity index (χ4v) is 3.96. The van der Waals surface area contributed by atoms with Crippen molar-refractivity contribution in [2.24, 2.45) is 0 Å². The van der Waals surface area contributed by atoms with Crippen molar-refractivity contribution in [2.45, 2.75) is 130 Å². The van der Waals surface area contributed by atoms with Crippen LogP contribution in [-0.4, -0.2) is 54.2 Å². The molecule has 0 aliphatic heterocycles. The molecule has 0 spiro atoms. The molecular formula is C30H58O7. The number of methoxy groups -OCH3 is 4. The van der Waals surface area contributed by atoms with Gasteiger partial charge in [0.05, 0.1) is 41.7 Å². The lowest BCUT2D eigenvalue weighted by molar-refractivity contribution is -0.240. The molecule has 2 unspecified atom stereocenters. The molecule has 0 N–H and O–H groups in total. The molecule has 0 heterocycles. The van der Waals surface area contributed by atoms with E-state index < -0.39 is 12.6 Å². The van der Waals surface area contributed by atoms with Gasteiger partial charge in [0.25, 0.3) is 0 Å². The van der Waals surface area contributed by atoms with Crippen LogP contribution in [-0.2, 0) is 33.2 Å². The zero-order valence-electron chi connectivity index (χ0n) is 25.3. The van der Waals surface area contributed by atoms with Crippen molar-refractivity contribution in [3.05, 3.63) is 23.0 Å². The molecule has 7 nitrogen and oxygen atoms in total. The van der Waals surface area contributed by atoms with Gasteiger partial charge < -0.3 is 33.2 Å². The van der Waals surface area contributed by atoms with Crippen molar-refractivity contribution < 1.29 is 33.2 Å². The molecule has 2 atom stereocenters. The third-order valence-corrected chi connectivity index (χ3v) is 6.21. The lowest BCUT2D eigenvalue weighted by Crippen LogP contribution is -2.33. The Labute approximate surface area is 228 Å². The Balaban J connectivity index is 6.20. The first-order chi connectivity index (χ1) is 18.1. The highest BCUT2D eigenvalue weighted by Gasteiger charge is 2.31. The van der Waals surface area contributed by atoms with Gasteiger partial charge in [-0.05, 0) is 25.7 Å². The van der Waals surface area contributed by atoms with Gasteiger partial charge in [0.2, 0.25) is 12.6 Å². The minimum atomic E-state index is -0.798. The topological polar surface area (TPSA) is 64.6 Å². The third-order valence-electron chi connectivity index (χ3n) is 6.21. The Hall–Kier alpha value is -1.44. The van der Waals surface area contributed by atoms with E-state index in [1.165, 1.54) is 0 Å². The largest absolute Gasteiger partial charge is 0.497 e. The highest BCUT2D eigenvalue weighted by atomic mass is 16.8. The van der Waals surface area contributed by atoms with Gasteiger partial charge in [-0.1, -0.05) is 79.1 Å². The molecule has 0 rings (SSSR count). The fraction of sp³-hybridized carbons (Fsp3) is 0.867. The molecule has 0 saturated heterocycles. The van der Waals surface area contributed by atoms with E-state index in [-0.39, 0.29) is 0 Å². The molecule has 0 aliphatic rings. The molecule has 0 radical (unpaired) electrons. The van der Waals surface area contributed by atoms with Gasteiger partial charge in [-0.15, -0.1) is 0 Å². The van der Waals surface area contributed by atoms with E-state index in [4.69, 9.17) is 33.2 Å². The van der Waals surface area contributed by atoms with Crippen LogP contribution in [0.5, 0.6) is 0 Å². The first-order valence-electron chi connectivity index (χ1n) is 14.6. The van der Waals surface area contributed by atoms with Crippen LogP contribution in [0, 0.1) is 0 Å². The normalized spacial score (nSPS) is 14.5. The highest BCUT2D eigenvalue weighted by Crippen LogP contribution is 2.27. The second kappa shape index (κ2) is 24.9. The maximum atomic E-state index is 6.53. The summed E-state index contributed by atoms with van der Waals surface area (Å²) in [5.41, 5.74) is 0. The predicted octanol–water partition coefficient (Wildman–Crippen LogP) is 8.24. The van der Waals surface area contributed by atoms with Crippen molar-refractivity contribution in [3.63, 3.8) is 0 Å². The molecular weight excluding hydrogens is 472 g/mol. The molecule has 220 valence electrons. The molecule has 0 aromatic carbocycles. The number of allylic oxidation sites excluding steroid dienone is 2. The van der Waals surface area contributed by atoms with Gasteiger partial charge >= 0.3 is 0 Å². The summed E-state index contributed by atoms with van der Waals surface area (Å²) in [6.07, 6.45) is 12.6. The number of hydrogen-bond donors (Lipinski definition) is 0. The Morgan fingerprint density at radius 1 is 0.459 bits per heavy atom. The quantitative estimate of drug-likeness (QED) is 0.0634. The zero-order chi connectivity index (χ0) is 27.7. The van der Waals surface area contributed by atoms with Crippen molar-refractivity contribution in [3.8, 4) is 0 Å². The van der Waals surface area contributed by atoms with Crippen LogP contribution in [0.15, 0.2) is 23.0 Å². The summed E-state index contributed by atoms with van der Waals surface area (Å²) >= 11 is 0. The van der Waals surface area contributed by atoms with Gasteiger partial charge in [0, 0.05) is 12.8 Å². The zero-order valence-corrected chi connectivity index (χ0v) is 25.3. The van der Waals surface area contributed by atoms with Crippen molar-refractivity contribution in [2.75, 3.05) is 41.7 Å². The fourth-order valence-electron chi connectivity index (χ4n) is 3.96. The third kappa shape index (κ3) is 15.5. The van der Waals surface area contributed by atoms with E-state index >= 15 is 0 Å². The first-order valence-corrected chi connectivity index (χ1v) is 14.6. The molecule has 0 bridgehead atoms. The van der Waals surface area contributed by atoms with E-state index in [0.717, 1.165) is 101 Å². The maximum absolute atomic E-state index is 6.53. The average Bonchev–Trinajstić information content (AvgIpc) is 2.91. The standard InChI is InChI=1S/C30H58O7/c1-9-13-17-21-25(31-5)27(33-7)29(35-23-19-15-11-3)37-30(36-24-20-16-12-4)28(34-8)26(32-6)22-18-14-10-2/h29-30H,9-24H2,1-8H3. The lowest BCUT2D eigenvalue weighted by atomic mass is 10.1. The van der Waals surface area contributed by atoms with Gasteiger partial charge in [-0.25, -0.2) is 0 Å². The molecule has 0 aromatic rings. The van der Waals surface area contributed by atoms with Crippen LogP contribution in [0.2, 0.25) is 0 Å². The first kappa shape index (κ1) is 35.6. The summed E-state index contributed by atoms with van der Waals surface area (Å²) < 4.78 is 42.3. The summed E-state index contributed by atoms with van der Waals surface area (Å²) in [7, 11) is 6.61. The summed E-state index contributed by atoms with van der Waals surface area (Å²) in [6.45, 7) is 9.79. The van der Waals surface area contributed by atoms with E-state index in [9.17, 15) is 0 Å². The predicted molar refractivity (Wildman–Crippen MR) is 150 cm³/mol. The van der Waals surface area contributed by atoms with Crippen LogP contribution in [0.1, 0.15) is 118 Å². The van der Waals surface area contributed by atoms with Gasteiger partial charge in [0.15, 0.2) is 11.5 Å². The van der Waals surface area contributed by atoms with Crippen LogP contribution in [0.4, 0.5) is 0 Å². The molecule has 0 aromatic heterocycles. The summed E-state index contributed by atoms with van der Waals surface area (Å²) in [5, 5.41) is 0. The van der Waals surface area contributed by atoms with Gasteiger partial charge in [0.1, 0.15) is 11.5 Å². The molecule has 0 amide bonds. The van der Waals surface area contributed by atoms with E-state index in [0.29, 0.717) is 24.7 Å². The Morgan fingerprint density at radius 2 is 0.811 bits per heavy atom. The summed E-state index contributed by atoms with van der Waals surface area (Å²) in [6, 6.07) is 0. The van der Waals surface area contributed by atoms with Crippen LogP contribution in [0.3, 0.4) is 0 Å². The summed E-state index contributed by atoms with van der Waals surface area (Å²) in [5.74, 6) is 2.55. The number of hydrogen-bond acceptors (Lipinski definition) is 7. The van der Waals surface area contributed by atoms with Gasteiger partial charge in [-0.2, -0.15) is 0 Å². The smallest absolute Gasteiger partial charge is 0.223 e. The number of unbranched alkanes of at least 4 members (excludes halogenated alkanes) is 8. The monoisotopic (exact) mass is 530 g/mol. The average molecular weight is 531 g/mol. The minimum Gasteiger partial charge on any atom is -0.497 e. The molecule has 37 heavy (non-hydrogen) atoms. The molecule has 0 fully saturated rings. The van der Waals surface area contributed by atoms with E-state index in [1.807, 2.05) is 0 Å². The van der Waals surface area contributed by atoms with Crippen molar-refractivity contribution in [1.29, 1.82) is 0 Å². The van der Waals surface area contributed by atoms with Crippen molar-refractivity contribution in [1.82, 2.24) is 0 Å². The van der Waals surface area contributed by atoms with Crippen LogP contribution >= 0.6 is 0 Å². The van der Waals surface area contributed by atoms with Gasteiger partial charge in [-0.3, -0.25) is 0 Å². The maximum Gasteiger partial charge on any atom is 0.223 e. The molecule has 0 aliphatic carbocycles. The second-order valence-electron chi connectivity index (χ2n) is 9.26. The van der Waals surface area contributed by atoms with E-state index in [2.05, 4.69) is 27.7 Å². The van der Waals surface area contributed by atoms with Crippen molar-refractivity contribution >= 4 is 0 Å². The van der Waals surface area contributed by atoms with E-state index in [1.54, 1.807) is 28.4 Å². The molecule has 0 saturated carbocycles. The Kier molecular flexibility index (Phi) is 23.9.